The van der Waals surface area contributed by atoms with Crippen molar-refractivity contribution in [2.75, 3.05) is 12.9 Å². The highest BCUT2D eigenvalue weighted by Crippen LogP contribution is 2.26. The lowest BCUT2D eigenvalue weighted by atomic mass is 10.0. The summed E-state index contributed by atoms with van der Waals surface area (Å²) in [7, 11) is 0. The van der Waals surface area contributed by atoms with Gasteiger partial charge in [0, 0.05) is 0 Å². The average Bonchev–Trinajstić information content (AvgIpc) is 2.15. The Morgan fingerprint density at radius 2 is 1.77 bits per heavy atom. The van der Waals surface area contributed by atoms with Crippen molar-refractivity contribution in [2.45, 2.75) is 29.9 Å². The van der Waals surface area contributed by atoms with Gasteiger partial charge in [0.15, 0.2) is 0 Å². The predicted octanol–water partition coefficient (Wildman–Crippen LogP) is -1.85. The molecule has 4 N–H and O–H groups in total. The average molecular weight is 210 g/mol. The molecule has 0 saturated carbocycles. The van der Waals surface area contributed by atoms with E-state index in [1.807, 2.05) is 0 Å². The van der Waals surface area contributed by atoms with Crippen LogP contribution in [0.2, 0.25) is 0 Å². The third-order valence-corrected chi connectivity index (χ3v) is 2.94. The van der Waals surface area contributed by atoms with Gasteiger partial charge in [0.25, 0.3) is 0 Å². The van der Waals surface area contributed by atoms with Crippen molar-refractivity contribution in [1.82, 2.24) is 0 Å². The van der Waals surface area contributed by atoms with Crippen molar-refractivity contribution in [3.05, 3.63) is 0 Å². The van der Waals surface area contributed by atoms with E-state index in [1.165, 1.54) is 11.8 Å². The number of hydrogen-bond acceptors (Lipinski definition) is 6. The van der Waals surface area contributed by atoms with E-state index in [9.17, 15) is 15.3 Å². The minimum absolute atomic E-state index is 0.373. The maximum atomic E-state index is 9.38. The SMILES string of the molecule is CS[C@@H]1OC(CO)[C@H](O)C(O)[C@H]1O. The van der Waals surface area contributed by atoms with Crippen LogP contribution < -0.4 is 0 Å². The summed E-state index contributed by atoms with van der Waals surface area (Å²) in [5.74, 6) is 0. The van der Waals surface area contributed by atoms with E-state index in [0.717, 1.165) is 0 Å². The van der Waals surface area contributed by atoms with Gasteiger partial charge in [-0.2, -0.15) is 0 Å². The lowest BCUT2D eigenvalue weighted by molar-refractivity contribution is -0.205. The Morgan fingerprint density at radius 1 is 1.15 bits per heavy atom. The zero-order valence-corrected chi connectivity index (χ0v) is 8.02. The van der Waals surface area contributed by atoms with E-state index in [4.69, 9.17) is 9.84 Å². The van der Waals surface area contributed by atoms with Gasteiger partial charge in [-0.3, -0.25) is 0 Å². The van der Waals surface area contributed by atoms with Crippen LogP contribution in [0, 0.1) is 0 Å². The lowest BCUT2D eigenvalue weighted by Gasteiger charge is -2.39. The highest BCUT2D eigenvalue weighted by Gasteiger charge is 2.42. The largest absolute Gasteiger partial charge is 0.394 e. The van der Waals surface area contributed by atoms with Crippen LogP contribution in [0.5, 0.6) is 0 Å². The summed E-state index contributed by atoms with van der Waals surface area (Å²) in [4.78, 5) is 0. The fourth-order valence-corrected chi connectivity index (χ4v) is 1.96. The summed E-state index contributed by atoms with van der Waals surface area (Å²) in [5, 5.41) is 36.8. The summed E-state index contributed by atoms with van der Waals surface area (Å²) < 4.78 is 5.13. The fraction of sp³-hybridized carbons (Fsp3) is 1.00. The zero-order valence-electron chi connectivity index (χ0n) is 7.20. The fourth-order valence-electron chi connectivity index (χ4n) is 1.26. The van der Waals surface area contributed by atoms with Crippen molar-refractivity contribution < 1.29 is 25.2 Å². The molecule has 2 unspecified atom stereocenters. The summed E-state index contributed by atoms with van der Waals surface area (Å²) >= 11 is 1.22. The molecule has 0 bridgehead atoms. The molecule has 1 aliphatic rings. The Kier molecular flexibility index (Phi) is 3.96. The van der Waals surface area contributed by atoms with E-state index in [2.05, 4.69) is 0 Å². The minimum Gasteiger partial charge on any atom is -0.394 e. The standard InChI is InChI=1S/C7H14O5S/c1-13-7-6(11)5(10)4(9)3(2-8)12-7/h3-11H,2H2,1H3/t3?,4-,5?,6+,7-/m0/s1. The number of thioether (sulfide) groups is 1. The molecule has 0 aromatic carbocycles. The van der Waals surface area contributed by atoms with Crippen molar-refractivity contribution in [2.24, 2.45) is 0 Å². The van der Waals surface area contributed by atoms with Crippen LogP contribution in [0.1, 0.15) is 0 Å². The molecule has 0 amide bonds. The first-order chi connectivity index (χ1) is 6.11. The van der Waals surface area contributed by atoms with Crippen molar-refractivity contribution in [3.63, 3.8) is 0 Å². The van der Waals surface area contributed by atoms with Gasteiger partial charge in [-0.05, 0) is 6.26 Å². The Hall–Kier alpha value is 0.150. The number of rotatable bonds is 2. The molecule has 1 aliphatic heterocycles. The number of ether oxygens (including phenoxy) is 1. The second kappa shape index (κ2) is 4.59. The molecule has 1 heterocycles. The molecular weight excluding hydrogens is 196 g/mol. The molecule has 1 rings (SSSR count). The van der Waals surface area contributed by atoms with Gasteiger partial charge in [0.2, 0.25) is 0 Å². The Bertz CT molecular complexity index is 147. The van der Waals surface area contributed by atoms with Gasteiger partial charge in [0.05, 0.1) is 6.61 Å². The second-order valence-electron chi connectivity index (χ2n) is 2.93. The Balaban J connectivity index is 2.66. The molecule has 0 radical (unpaired) electrons. The maximum absolute atomic E-state index is 9.38. The van der Waals surface area contributed by atoms with Gasteiger partial charge in [-0.15, -0.1) is 11.8 Å². The molecule has 0 aliphatic carbocycles. The van der Waals surface area contributed by atoms with Gasteiger partial charge >= 0.3 is 0 Å². The van der Waals surface area contributed by atoms with Gasteiger partial charge in [0.1, 0.15) is 29.9 Å². The number of aliphatic hydroxyl groups excluding tert-OH is 4. The molecule has 0 spiro atoms. The molecule has 6 heteroatoms. The van der Waals surface area contributed by atoms with Crippen LogP contribution in [0.15, 0.2) is 0 Å². The molecule has 78 valence electrons. The van der Waals surface area contributed by atoms with Crippen LogP contribution in [-0.2, 0) is 4.74 Å². The lowest BCUT2D eigenvalue weighted by Crippen LogP contribution is -2.57. The van der Waals surface area contributed by atoms with E-state index in [1.54, 1.807) is 6.26 Å². The van der Waals surface area contributed by atoms with Crippen LogP contribution in [-0.4, -0.2) is 63.1 Å². The summed E-state index contributed by atoms with van der Waals surface area (Å²) in [6, 6.07) is 0. The molecule has 1 fully saturated rings. The molecule has 0 aromatic heterocycles. The van der Waals surface area contributed by atoms with E-state index < -0.39 is 29.9 Å². The monoisotopic (exact) mass is 210 g/mol. The second-order valence-corrected chi connectivity index (χ2v) is 3.87. The first-order valence-corrected chi connectivity index (χ1v) is 5.24. The topological polar surface area (TPSA) is 90.2 Å². The summed E-state index contributed by atoms with van der Waals surface area (Å²) in [6.07, 6.45) is -2.72. The molecule has 0 aromatic rings. The number of aliphatic hydroxyl groups is 4. The molecule has 5 atom stereocenters. The Morgan fingerprint density at radius 3 is 2.23 bits per heavy atom. The molecule has 5 nitrogen and oxygen atoms in total. The highest BCUT2D eigenvalue weighted by atomic mass is 32.2. The first kappa shape index (κ1) is 11.2. The van der Waals surface area contributed by atoms with Crippen LogP contribution in [0.3, 0.4) is 0 Å². The van der Waals surface area contributed by atoms with Crippen molar-refractivity contribution in [1.29, 1.82) is 0 Å². The normalized spacial score (nSPS) is 46.4. The van der Waals surface area contributed by atoms with Crippen molar-refractivity contribution in [3.8, 4) is 0 Å². The quantitative estimate of drug-likeness (QED) is 0.428. The molecule has 1 saturated heterocycles. The Labute approximate surface area is 80.3 Å². The van der Waals surface area contributed by atoms with Crippen LogP contribution >= 0.6 is 11.8 Å². The van der Waals surface area contributed by atoms with E-state index >= 15 is 0 Å². The minimum atomic E-state index is -1.26. The highest BCUT2D eigenvalue weighted by molar-refractivity contribution is 7.99. The van der Waals surface area contributed by atoms with Crippen LogP contribution in [0.25, 0.3) is 0 Å². The van der Waals surface area contributed by atoms with Gasteiger partial charge in [-0.25, -0.2) is 0 Å². The number of hydrogen-bond donors (Lipinski definition) is 4. The van der Waals surface area contributed by atoms with Crippen LogP contribution in [0.4, 0.5) is 0 Å². The van der Waals surface area contributed by atoms with Crippen molar-refractivity contribution >= 4 is 11.8 Å². The summed E-state index contributed by atoms with van der Waals surface area (Å²) in [5.41, 5.74) is -0.601. The zero-order chi connectivity index (χ0) is 10.0. The third kappa shape index (κ3) is 2.15. The van der Waals surface area contributed by atoms with E-state index in [-0.39, 0.29) is 6.61 Å². The maximum Gasteiger partial charge on any atom is 0.132 e. The summed E-state index contributed by atoms with van der Waals surface area (Å²) in [6.45, 7) is -0.373. The molecular formula is C7H14O5S. The third-order valence-electron chi connectivity index (χ3n) is 2.08. The van der Waals surface area contributed by atoms with Gasteiger partial charge < -0.3 is 25.2 Å². The smallest absolute Gasteiger partial charge is 0.132 e. The first-order valence-electron chi connectivity index (χ1n) is 3.95. The molecule has 13 heavy (non-hydrogen) atoms. The van der Waals surface area contributed by atoms with Gasteiger partial charge in [-0.1, -0.05) is 0 Å². The van der Waals surface area contributed by atoms with E-state index in [0.29, 0.717) is 0 Å². The predicted molar refractivity (Wildman–Crippen MR) is 47.3 cm³/mol.